The maximum Gasteiger partial charge on any atom is 0.113 e. The Hall–Kier alpha value is -0.740. The van der Waals surface area contributed by atoms with Crippen LogP contribution in [-0.2, 0) is 0 Å². The minimum absolute atomic E-state index is 1.10. The average molecular weight is 156 g/mol. The Labute approximate surface area is 67.4 Å². The molecule has 0 radical (unpaired) electrons. The van der Waals surface area contributed by atoms with E-state index >= 15 is 0 Å². The first kappa shape index (κ1) is 8.36. The molecule has 0 unspecified atom stereocenters. The molecule has 0 aromatic rings. The molecule has 0 bridgehead atoms. The first-order chi connectivity index (χ1) is 5.38. The van der Waals surface area contributed by atoms with Gasteiger partial charge in [-0.2, -0.15) is 5.53 Å². The lowest BCUT2D eigenvalue weighted by atomic mass is 9.92. The molecule has 1 rings (SSSR count). The van der Waals surface area contributed by atoms with Gasteiger partial charge in [0.1, 0.15) is 5.82 Å². The summed E-state index contributed by atoms with van der Waals surface area (Å²) in [5.41, 5.74) is 10.1. The van der Waals surface area contributed by atoms with Gasteiger partial charge in [-0.3, -0.25) is 5.43 Å². The van der Waals surface area contributed by atoms with Crippen LogP contribution in [0.2, 0.25) is 0 Å². The van der Waals surface area contributed by atoms with Crippen LogP contribution in [0.1, 0.15) is 19.3 Å². The molecule has 0 aromatic carbocycles. The largest absolute Gasteiger partial charge is 0.374 e. The molecular formula is C7H16N4. The van der Waals surface area contributed by atoms with E-state index in [9.17, 15) is 0 Å². The van der Waals surface area contributed by atoms with Crippen molar-refractivity contribution in [3.05, 3.63) is 11.4 Å². The Kier molecular flexibility index (Phi) is 3.19. The molecule has 64 valence electrons. The highest BCUT2D eigenvalue weighted by atomic mass is 15.6. The van der Waals surface area contributed by atoms with E-state index in [-0.39, 0.29) is 0 Å². The van der Waals surface area contributed by atoms with Gasteiger partial charge in [0, 0.05) is 14.1 Å². The molecule has 0 amide bonds. The summed E-state index contributed by atoms with van der Waals surface area (Å²) in [6, 6.07) is 0. The third-order valence-corrected chi connectivity index (χ3v) is 1.87. The molecule has 1 aliphatic rings. The maximum absolute atomic E-state index is 3.10. The molecule has 4 nitrogen and oxygen atoms in total. The zero-order valence-corrected chi connectivity index (χ0v) is 7.12. The maximum atomic E-state index is 3.10. The molecular weight excluding hydrogens is 140 g/mol. The summed E-state index contributed by atoms with van der Waals surface area (Å²) in [6.45, 7) is 0. The van der Waals surface area contributed by atoms with E-state index in [1.807, 2.05) is 14.1 Å². The topological polar surface area (TPSA) is 48.1 Å². The average Bonchev–Trinajstić information content (AvgIpc) is 1.93. The minimum atomic E-state index is 1.10. The van der Waals surface area contributed by atoms with Gasteiger partial charge in [-0.25, -0.2) is 5.43 Å². The highest BCUT2D eigenvalue weighted by molar-refractivity contribution is 5.15. The number of hydrogen-bond acceptors (Lipinski definition) is 4. The van der Waals surface area contributed by atoms with E-state index in [2.05, 4.69) is 21.7 Å². The van der Waals surface area contributed by atoms with Crippen molar-refractivity contribution in [2.75, 3.05) is 14.1 Å². The van der Waals surface area contributed by atoms with Crippen molar-refractivity contribution in [2.24, 2.45) is 0 Å². The quantitative estimate of drug-likeness (QED) is 0.427. The van der Waals surface area contributed by atoms with E-state index in [1.54, 1.807) is 0 Å². The van der Waals surface area contributed by atoms with Gasteiger partial charge in [0.05, 0.1) is 0 Å². The van der Waals surface area contributed by atoms with Gasteiger partial charge in [-0.15, -0.1) is 0 Å². The lowest BCUT2D eigenvalue weighted by molar-refractivity contribution is 0.484. The molecule has 0 heterocycles. The van der Waals surface area contributed by atoms with Crippen LogP contribution in [0.4, 0.5) is 0 Å². The van der Waals surface area contributed by atoms with Crippen molar-refractivity contribution in [2.45, 2.75) is 19.3 Å². The third-order valence-electron chi connectivity index (χ3n) is 1.87. The zero-order valence-electron chi connectivity index (χ0n) is 7.12. The van der Waals surface area contributed by atoms with Crippen LogP contribution in [0.15, 0.2) is 11.4 Å². The van der Waals surface area contributed by atoms with Gasteiger partial charge < -0.3 is 5.32 Å². The van der Waals surface area contributed by atoms with Crippen LogP contribution in [0.5, 0.6) is 0 Å². The predicted octanol–water partition coefficient (Wildman–Crippen LogP) is -0.170. The zero-order chi connectivity index (χ0) is 8.10. The molecule has 0 spiro atoms. The number of rotatable bonds is 4. The van der Waals surface area contributed by atoms with E-state index in [0.29, 0.717) is 0 Å². The van der Waals surface area contributed by atoms with E-state index < -0.39 is 0 Å². The Morgan fingerprint density at radius 3 is 2.36 bits per heavy atom. The Morgan fingerprint density at radius 1 is 1.27 bits per heavy atom. The van der Waals surface area contributed by atoms with Gasteiger partial charge >= 0.3 is 0 Å². The normalized spacial score (nSPS) is 15.6. The smallest absolute Gasteiger partial charge is 0.113 e. The molecule has 4 heteroatoms. The first-order valence-corrected chi connectivity index (χ1v) is 3.96. The molecule has 1 saturated carbocycles. The van der Waals surface area contributed by atoms with Crippen LogP contribution in [0.3, 0.4) is 0 Å². The van der Waals surface area contributed by atoms with Gasteiger partial charge in [0.25, 0.3) is 0 Å². The second-order valence-electron chi connectivity index (χ2n) is 2.58. The molecule has 1 fully saturated rings. The number of nitrogens with one attached hydrogen (secondary N) is 4. The lowest BCUT2D eigenvalue weighted by Gasteiger charge is -2.22. The number of hydrazine groups is 2. The second-order valence-corrected chi connectivity index (χ2v) is 2.58. The highest BCUT2D eigenvalue weighted by Gasteiger charge is 2.12. The third kappa shape index (κ3) is 2.10. The molecule has 0 aromatic heterocycles. The van der Waals surface area contributed by atoms with Crippen LogP contribution >= 0.6 is 0 Å². The number of allylic oxidation sites excluding steroid dienone is 1. The van der Waals surface area contributed by atoms with E-state index in [0.717, 1.165) is 5.82 Å². The SMILES string of the molecule is CNNNC(NC)=C1CCC1. The van der Waals surface area contributed by atoms with Crippen molar-refractivity contribution in [3.8, 4) is 0 Å². The summed E-state index contributed by atoms with van der Waals surface area (Å²) in [6.07, 6.45) is 3.75. The second kappa shape index (κ2) is 4.20. The van der Waals surface area contributed by atoms with Gasteiger partial charge in [0.15, 0.2) is 0 Å². The molecule has 0 aliphatic heterocycles. The summed E-state index contributed by atoms with van der Waals surface area (Å²) in [5, 5.41) is 3.10. The van der Waals surface area contributed by atoms with Gasteiger partial charge in [-0.05, 0) is 24.8 Å². The van der Waals surface area contributed by atoms with Gasteiger partial charge in [0.2, 0.25) is 0 Å². The summed E-state index contributed by atoms with van der Waals surface area (Å²) >= 11 is 0. The number of hydrogen-bond donors (Lipinski definition) is 4. The van der Waals surface area contributed by atoms with E-state index in [4.69, 9.17) is 0 Å². The van der Waals surface area contributed by atoms with Crippen molar-refractivity contribution >= 4 is 0 Å². The molecule has 0 saturated heterocycles. The summed E-state index contributed by atoms with van der Waals surface area (Å²) in [4.78, 5) is 0. The standard InChI is InChI=1S/C7H16N4/c1-8-7(10-11-9-2)6-4-3-5-6/h8-11H,3-5H2,1-2H3. The predicted molar refractivity (Wildman–Crippen MR) is 45.3 cm³/mol. The van der Waals surface area contributed by atoms with Gasteiger partial charge in [-0.1, -0.05) is 0 Å². The highest BCUT2D eigenvalue weighted by Crippen LogP contribution is 2.26. The van der Waals surface area contributed by atoms with Crippen LogP contribution < -0.4 is 21.7 Å². The lowest BCUT2D eigenvalue weighted by Crippen LogP contribution is -2.44. The molecule has 1 aliphatic carbocycles. The van der Waals surface area contributed by atoms with Crippen LogP contribution in [-0.4, -0.2) is 14.1 Å². The van der Waals surface area contributed by atoms with Crippen LogP contribution in [0, 0.1) is 0 Å². The Balaban J connectivity index is 2.35. The van der Waals surface area contributed by atoms with Crippen molar-refractivity contribution in [1.29, 1.82) is 0 Å². The summed E-state index contributed by atoms with van der Waals surface area (Å²) in [7, 11) is 3.75. The fraction of sp³-hybridized carbons (Fsp3) is 0.714. The molecule has 11 heavy (non-hydrogen) atoms. The fourth-order valence-corrected chi connectivity index (χ4v) is 1.06. The van der Waals surface area contributed by atoms with Crippen molar-refractivity contribution in [3.63, 3.8) is 0 Å². The van der Waals surface area contributed by atoms with Crippen molar-refractivity contribution < 1.29 is 0 Å². The molecule has 4 N–H and O–H groups in total. The monoisotopic (exact) mass is 156 g/mol. The van der Waals surface area contributed by atoms with E-state index in [1.165, 1.54) is 24.8 Å². The fourth-order valence-electron chi connectivity index (χ4n) is 1.06. The first-order valence-electron chi connectivity index (χ1n) is 3.96. The summed E-state index contributed by atoms with van der Waals surface area (Å²) in [5.74, 6) is 1.10. The Bertz CT molecular complexity index is 147. The minimum Gasteiger partial charge on any atom is -0.374 e. The summed E-state index contributed by atoms with van der Waals surface area (Å²) < 4.78 is 0. The molecule has 0 atom stereocenters. The van der Waals surface area contributed by atoms with Crippen molar-refractivity contribution in [1.82, 2.24) is 21.7 Å². The Morgan fingerprint density at radius 2 is 2.00 bits per heavy atom. The van der Waals surface area contributed by atoms with Crippen LogP contribution in [0.25, 0.3) is 0 Å².